The third-order valence-electron chi connectivity index (χ3n) is 5.74. The molecule has 162 valence electrons. The Bertz CT molecular complexity index is 1020. The monoisotopic (exact) mass is 421 g/mol. The normalized spacial score (nSPS) is 18.4. The quantitative estimate of drug-likeness (QED) is 0.582. The molecular weight excluding hydrogens is 394 g/mol. The van der Waals surface area contributed by atoms with Gasteiger partial charge in [0.05, 0.1) is 6.04 Å². The molecule has 1 fully saturated rings. The standard InChI is InChI=1S/C22H27N7O2/c1-16-25-21(27-22(26-16)29-11-8-24-14-29)18-4-2-3-9-28(18)10-7-23-13-17-5-6-19-20(12-17)31-15-30-19/h5-6,8,11-12,14,18,23H,2-4,7,9-10,13,15H2,1H3. The van der Waals surface area contributed by atoms with Crippen LogP contribution in [0.3, 0.4) is 0 Å². The summed E-state index contributed by atoms with van der Waals surface area (Å²) in [5.41, 5.74) is 1.19. The van der Waals surface area contributed by atoms with E-state index in [9.17, 15) is 0 Å². The van der Waals surface area contributed by atoms with E-state index in [1.165, 1.54) is 18.4 Å². The number of ether oxygens (including phenoxy) is 2. The van der Waals surface area contributed by atoms with E-state index in [2.05, 4.69) is 31.2 Å². The minimum absolute atomic E-state index is 0.213. The fourth-order valence-electron chi connectivity index (χ4n) is 4.19. The van der Waals surface area contributed by atoms with Crippen LogP contribution in [0, 0.1) is 6.92 Å². The van der Waals surface area contributed by atoms with Crippen LogP contribution in [-0.2, 0) is 6.54 Å². The van der Waals surface area contributed by atoms with Crippen LogP contribution in [0.25, 0.3) is 5.95 Å². The molecule has 2 aliphatic rings. The number of nitrogens with zero attached hydrogens (tertiary/aromatic N) is 6. The number of likely N-dealkylation sites (tertiary alicyclic amines) is 1. The molecule has 9 nitrogen and oxygen atoms in total. The number of fused-ring (bicyclic) bond motifs is 1. The fraction of sp³-hybridized carbons (Fsp3) is 0.455. The number of imidazole rings is 1. The average molecular weight is 422 g/mol. The second kappa shape index (κ2) is 8.99. The predicted molar refractivity (Wildman–Crippen MR) is 114 cm³/mol. The second-order valence-corrected chi connectivity index (χ2v) is 7.92. The summed E-state index contributed by atoms with van der Waals surface area (Å²) < 4.78 is 12.7. The molecule has 0 radical (unpaired) electrons. The number of nitrogens with one attached hydrogen (secondary N) is 1. The highest BCUT2D eigenvalue weighted by Crippen LogP contribution is 2.32. The number of aryl methyl sites for hydroxylation is 1. The summed E-state index contributed by atoms with van der Waals surface area (Å²) in [6.07, 6.45) is 8.77. The van der Waals surface area contributed by atoms with Gasteiger partial charge in [-0.25, -0.2) is 9.97 Å². The van der Waals surface area contributed by atoms with Crippen molar-refractivity contribution < 1.29 is 9.47 Å². The zero-order valence-electron chi connectivity index (χ0n) is 17.7. The van der Waals surface area contributed by atoms with Crippen LogP contribution in [0.5, 0.6) is 11.5 Å². The molecule has 0 spiro atoms. The maximum atomic E-state index is 5.47. The van der Waals surface area contributed by atoms with Gasteiger partial charge in [-0.05, 0) is 44.0 Å². The van der Waals surface area contributed by atoms with Crippen LogP contribution >= 0.6 is 0 Å². The molecule has 5 rings (SSSR count). The van der Waals surface area contributed by atoms with Crippen molar-refractivity contribution in [2.24, 2.45) is 0 Å². The minimum atomic E-state index is 0.213. The summed E-state index contributed by atoms with van der Waals surface area (Å²) >= 11 is 0. The van der Waals surface area contributed by atoms with Gasteiger partial charge in [0.25, 0.3) is 0 Å². The van der Waals surface area contributed by atoms with E-state index < -0.39 is 0 Å². The maximum absolute atomic E-state index is 5.47. The van der Waals surface area contributed by atoms with Gasteiger partial charge in [0.2, 0.25) is 12.7 Å². The van der Waals surface area contributed by atoms with Crippen LogP contribution in [0.2, 0.25) is 0 Å². The molecule has 1 aromatic carbocycles. The molecule has 2 aliphatic heterocycles. The van der Waals surface area contributed by atoms with Crippen LogP contribution in [0.4, 0.5) is 0 Å². The summed E-state index contributed by atoms with van der Waals surface area (Å²) in [5, 5.41) is 3.55. The van der Waals surface area contributed by atoms with Gasteiger partial charge in [-0.2, -0.15) is 9.97 Å². The minimum Gasteiger partial charge on any atom is -0.454 e. The number of hydrogen-bond acceptors (Lipinski definition) is 8. The Kier molecular flexibility index (Phi) is 5.77. The lowest BCUT2D eigenvalue weighted by atomic mass is 10.0. The molecular formula is C22H27N7O2. The Hall–Kier alpha value is -3.04. The van der Waals surface area contributed by atoms with Crippen molar-refractivity contribution >= 4 is 0 Å². The molecule has 0 aliphatic carbocycles. The van der Waals surface area contributed by atoms with E-state index in [0.29, 0.717) is 12.7 Å². The summed E-state index contributed by atoms with van der Waals surface area (Å²) in [6.45, 7) is 5.92. The molecule has 1 unspecified atom stereocenters. The maximum Gasteiger partial charge on any atom is 0.238 e. The molecule has 1 saturated heterocycles. The van der Waals surface area contributed by atoms with Gasteiger partial charge in [0.15, 0.2) is 17.3 Å². The van der Waals surface area contributed by atoms with Gasteiger partial charge >= 0.3 is 0 Å². The van der Waals surface area contributed by atoms with Crippen molar-refractivity contribution in [3.8, 4) is 17.4 Å². The van der Waals surface area contributed by atoms with E-state index in [0.717, 1.165) is 55.7 Å². The summed E-state index contributed by atoms with van der Waals surface area (Å²) in [6, 6.07) is 6.31. The first kappa shape index (κ1) is 19.9. The number of hydrogen-bond donors (Lipinski definition) is 1. The van der Waals surface area contributed by atoms with Crippen LogP contribution < -0.4 is 14.8 Å². The third-order valence-corrected chi connectivity index (χ3v) is 5.74. The predicted octanol–water partition coefficient (Wildman–Crippen LogP) is 2.41. The first-order valence-electron chi connectivity index (χ1n) is 10.8. The zero-order chi connectivity index (χ0) is 21.0. The number of piperidine rings is 1. The van der Waals surface area contributed by atoms with E-state index in [-0.39, 0.29) is 6.04 Å². The SMILES string of the molecule is Cc1nc(C2CCCCN2CCNCc2ccc3c(c2)OCO3)nc(-n2ccnc2)n1. The molecule has 3 aromatic rings. The van der Waals surface area contributed by atoms with E-state index in [4.69, 9.17) is 14.5 Å². The first-order chi connectivity index (χ1) is 15.3. The molecule has 1 N–H and O–H groups in total. The highest BCUT2D eigenvalue weighted by molar-refractivity contribution is 5.44. The Morgan fingerprint density at radius 1 is 1.13 bits per heavy atom. The highest BCUT2D eigenvalue weighted by atomic mass is 16.7. The highest BCUT2D eigenvalue weighted by Gasteiger charge is 2.27. The van der Waals surface area contributed by atoms with Gasteiger partial charge in [-0.1, -0.05) is 12.5 Å². The summed E-state index contributed by atoms with van der Waals surface area (Å²) in [5.74, 6) is 3.87. The van der Waals surface area contributed by atoms with Crippen molar-refractivity contribution in [3.63, 3.8) is 0 Å². The van der Waals surface area contributed by atoms with Crippen LogP contribution in [0.1, 0.15) is 42.5 Å². The number of benzene rings is 1. The number of aromatic nitrogens is 5. The Morgan fingerprint density at radius 2 is 2.06 bits per heavy atom. The lowest BCUT2D eigenvalue weighted by Crippen LogP contribution is -2.39. The van der Waals surface area contributed by atoms with E-state index in [1.54, 1.807) is 12.5 Å². The average Bonchev–Trinajstić information content (AvgIpc) is 3.48. The van der Waals surface area contributed by atoms with Crippen molar-refractivity contribution in [3.05, 3.63) is 54.1 Å². The molecule has 0 amide bonds. The molecule has 1 atom stereocenters. The number of rotatable bonds is 7. The third kappa shape index (κ3) is 4.52. The molecule has 4 heterocycles. The first-order valence-corrected chi connectivity index (χ1v) is 10.8. The van der Waals surface area contributed by atoms with E-state index in [1.807, 2.05) is 29.8 Å². The van der Waals surface area contributed by atoms with Crippen molar-refractivity contribution in [1.29, 1.82) is 0 Å². The second-order valence-electron chi connectivity index (χ2n) is 7.92. The van der Waals surface area contributed by atoms with Crippen molar-refractivity contribution in [2.45, 2.75) is 38.8 Å². The molecule has 9 heteroatoms. The summed E-state index contributed by atoms with van der Waals surface area (Å²) in [4.78, 5) is 20.5. The lowest BCUT2D eigenvalue weighted by molar-refractivity contribution is 0.142. The Balaban J connectivity index is 1.22. The molecule has 0 bridgehead atoms. The fourth-order valence-corrected chi connectivity index (χ4v) is 4.19. The van der Waals surface area contributed by atoms with Crippen LogP contribution in [-0.4, -0.2) is 55.8 Å². The van der Waals surface area contributed by atoms with Gasteiger partial charge < -0.3 is 14.8 Å². The van der Waals surface area contributed by atoms with Crippen molar-refractivity contribution in [1.82, 2.24) is 34.7 Å². The van der Waals surface area contributed by atoms with Gasteiger partial charge in [-0.15, -0.1) is 0 Å². The Morgan fingerprint density at radius 3 is 2.97 bits per heavy atom. The van der Waals surface area contributed by atoms with Crippen LogP contribution in [0.15, 0.2) is 36.9 Å². The topological polar surface area (TPSA) is 90.2 Å². The van der Waals surface area contributed by atoms with E-state index >= 15 is 0 Å². The van der Waals surface area contributed by atoms with Gasteiger partial charge in [0, 0.05) is 32.0 Å². The Labute approximate surface area is 181 Å². The smallest absolute Gasteiger partial charge is 0.238 e. The molecule has 31 heavy (non-hydrogen) atoms. The largest absolute Gasteiger partial charge is 0.454 e. The lowest BCUT2D eigenvalue weighted by Gasteiger charge is -2.34. The summed E-state index contributed by atoms with van der Waals surface area (Å²) in [7, 11) is 0. The zero-order valence-corrected chi connectivity index (χ0v) is 17.7. The molecule has 2 aromatic heterocycles. The van der Waals surface area contributed by atoms with Gasteiger partial charge in [0.1, 0.15) is 12.2 Å². The van der Waals surface area contributed by atoms with Gasteiger partial charge in [-0.3, -0.25) is 9.47 Å². The molecule has 0 saturated carbocycles. The van der Waals surface area contributed by atoms with Crippen molar-refractivity contribution in [2.75, 3.05) is 26.4 Å².